The second-order valence-electron chi connectivity index (χ2n) is 5.54. The van der Waals surface area contributed by atoms with E-state index in [-0.39, 0.29) is 5.75 Å². The number of allylic oxidation sites excluding steroid dienone is 2. The lowest BCUT2D eigenvalue weighted by Gasteiger charge is -2.27. The highest BCUT2D eigenvalue weighted by Gasteiger charge is 2.38. The van der Waals surface area contributed by atoms with Crippen LogP contribution in [0.5, 0.6) is 5.75 Å². The number of halogens is 1. The molecule has 4 atom stereocenters. The standard InChI is InChI=1S/C15H18FNO/c1-9(13-7-10-2-3-11(13)6-10)17-12-4-5-15(18)14(16)8-12/h2-5,8-11,13,17-18H,6-7H2,1H3. The topological polar surface area (TPSA) is 32.3 Å². The Bertz CT molecular complexity index is 485. The molecular weight excluding hydrogens is 229 g/mol. The van der Waals surface area contributed by atoms with Gasteiger partial charge in [-0.15, -0.1) is 0 Å². The van der Waals surface area contributed by atoms with Gasteiger partial charge in [0.2, 0.25) is 0 Å². The summed E-state index contributed by atoms with van der Waals surface area (Å²) >= 11 is 0. The van der Waals surface area contributed by atoms with Gasteiger partial charge >= 0.3 is 0 Å². The summed E-state index contributed by atoms with van der Waals surface area (Å²) in [5.41, 5.74) is 0.740. The average molecular weight is 247 g/mol. The highest BCUT2D eigenvalue weighted by atomic mass is 19.1. The zero-order valence-corrected chi connectivity index (χ0v) is 10.4. The maximum atomic E-state index is 13.3. The van der Waals surface area contributed by atoms with Gasteiger partial charge in [-0.2, -0.15) is 0 Å². The molecule has 1 saturated carbocycles. The first-order valence-corrected chi connectivity index (χ1v) is 6.57. The summed E-state index contributed by atoms with van der Waals surface area (Å²) in [5, 5.41) is 12.5. The van der Waals surface area contributed by atoms with Gasteiger partial charge in [-0.3, -0.25) is 0 Å². The van der Waals surface area contributed by atoms with Crippen molar-refractivity contribution in [1.29, 1.82) is 0 Å². The summed E-state index contributed by atoms with van der Waals surface area (Å²) in [6.45, 7) is 2.16. The van der Waals surface area contributed by atoms with Gasteiger partial charge in [0, 0.05) is 17.8 Å². The molecule has 4 unspecified atom stereocenters. The van der Waals surface area contributed by atoms with Crippen molar-refractivity contribution >= 4 is 5.69 Å². The van der Waals surface area contributed by atoms with Crippen LogP contribution in [0.15, 0.2) is 30.4 Å². The van der Waals surface area contributed by atoms with E-state index in [1.165, 1.54) is 25.0 Å². The fraction of sp³-hybridized carbons (Fsp3) is 0.467. The highest BCUT2D eigenvalue weighted by Crippen LogP contribution is 2.45. The number of nitrogens with one attached hydrogen (secondary N) is 1. The molecule has 18 heavy (non-hydrogen) atoms. The van der Waals surface area contributed by atoms with Crippen molar-refractivity contribution in [3.63, 3.8) is 0 Å². The number of rotatable bonds is 3. The van der Waals surface area contributed by atoms with Crippen molar-refractivity contribution < 1.29 is 9.50 Å². The molecule has 2 bridgehead atoms. The van der Waals surface area contributed by atoms with E-state index in [9.17, 15) is 4.39 Å². The normalized spacial score (nSPS) is 30.7. The lowest BCUT2D eigenvalue weighted by Crippen LogP contribution is -2.28. The molecule has 0 heterocycles. The number of fused-ring (bicyclic) bond motifs is 2. The Morgan fingerprint density at radius 2 is 2.17 bits per heavy atom. The van der Waals surface area contributed by atoms with E-state index in [0.29, 0.717) is 17.9 Å². The first kappa shape index (κ1) is 11.6. The molecule has 0 aliphatic heterocycles. The van der Waals surface area contributed by atoms with Crippen LogP contribution >= 0.6 is 0 Å². The van der Waals surface area contributed by atoms with Gasteiger partial charge in [0.1, 0.15) is 0 Å². The number of anilines is 1. The monoisotopic (exact) mass is 247 g/mol. The molecule has 1 aromatic rings. The summed E-state index contributed by atoms with van der Waals surface area (Å²) in [5.74, 6) is 1.20. The quantitative estimate of drug-likeness (QED) is 0.632. The van der Waals surface area contributed by atoms with Crippen molar-refractivity contribution in [1.82, 2.24) is 0 Å². The van der Waals surface area contributed by atoms with Crippen molar-refractivity contribution in [2.24, 2.45) is 17.8 Å². The summed E-state index contributed by atoms with van der Waals surface area (Å²) in [6, 6.07) is 4.80. The maximum absolute atomic E-state index is 13.3. The zero-order chi connectivity index (χ0) is 12.7. The molecule has 2 aliphatic rings. The molecule has 1 fully saturated rings. The summed E-state index contributed by atoms with van der Waals surface area (Å²) < 4.78 is 13.3. The second-order valence-corrected chi connectivity index (χ2v) is 5.54. The minimum atomic E-state index is -0.569. The van der Waals surface area contributed by atoms with Gasteiger partial charge in [-0.1, -0.05) is 12.2 Å². The SMILES string of the molecule is CC(Nc1ccc(O)c(F)c1)C1CC2C=CC1C2. The molecule has 0 radical (unpaired) electrons. The van der Waals surface area contributed by atoms with E-state index >= 15 is 0 Å². The van der Waals surface area contributed by atoms with Crippen LogP contribution in [0.25, 0.3) is 0 Å². The smallest absolute Gasteiger partial charge is 0.166 e. The van der Waals surface area contributed by atoms with Crippen LogP contribution in [0.2, 0.25) is 0 Å². The predicted octanol–water partition coefficient (Wildman–Crippen LogP) is 3.54. The summed E-state index contributed by atoms with van der Waals surface area (Å²) in [6.07, 6.45) is 7.17. The van der Waals surface area contributed by atoms with Crippen LogP contribution in [0.1, 0.15) is 19.8 Å². The minimum Gasteiger partial charge on any atom is -0.505 e. The maximum Gasteiger partial charge on any atom is 0.166 e. The van der Waals surface area contributed by atoms with E-state index in [1.54, 1.807) is 6.07 Å². The van der Waals surface area contributed by atoms with Crippen LogP contribution in [0, 0.1) is 23.6 Å². The molecule has 0 spiro atoms. The second kappa shape index (κ2) is 4.30. The molecule has 0 aromatic heterocycles. The third-order valence-electron chi connectivity index (χ3n) is 4.31. The van der Waals surface area contributed by atoms with E-state index in [4.69, 9.17) is 5.11 Å². The Morgan fingerprint density at radius 1 is 1.33 bits per heavy atom. The number of benzene rings is 1. The Labute approximate surface area is 107 Å². The highest BCUT2D eigenvalue weighted by molar-refractivity contribution is 5.47. The van der Waals surface area contributed by atoms with E-state index in [2.05, 4.69) is 24.4 Å². The Balaban J connectivity index is 1.69. The van der Waals surface area contributed by atoms with Crippen molar-refractivity contribution in [3.05, 3.63) is 36.2 Å². The Hall–Kier alpha value is -1.51. The van der Waals surface area contributed by atoms with Crippen LogP contribution in [-0.4, -0.2) is 11.1 Å². The van der Waals surface area contributed by atoms with Crippen molar-refractivity contribution in [2.45, 2.75) is 25.8 Å². The largest absolute Gasteiger partial charge is 0.505 e. The number of hydrogen-bond acceptors (Lipinski definition) is 2. The lowest BCUT2D eigenvalue weighted by molar-refractivity contribution is 0.399. The van der Waals surface area contributed by atoms with Gasteiger partial charge < -0.3 is 10.4 Å². The number of aromatic hydroxyl groups is 1. The average Bonchev–Trinajstić information content (AvgIpc) is 2.96. The number of phenols is 1. The van der Waals surface area contributed by atoms with E-state index in [1.807, 2.05) is 0 Å². The fourth-order valence-electron chi connectivity index (χ4n) is 3.36. The number of phenolic OH excluding ortho intramolecular Hbond substituents is 1. The van der Waals surface area contributed by atoms with E-state index in [0.717, 1.165) is 11.6 Å². The third-order valence-corrected chi connectivity index (χ3v) is 4.31. The molecule has 3 heteroatoms. The molecule has 2 N–H and O–H groups in total. The zero-order valence-electron chi connectivity index (χ0n) is 10.4. The molecule has 3 rings (SSSR count). The van der Waals surface area contributed by atoms with Crippen LogP contribution in [0.4, 0.5) is 10.1 Å². The lowest BCUT2D eigenvalue weighted by atomic mass is 9.87. The molecule has 2 aliphatic carbocycles. The van der Waals surface area contributed by atoms with Gasteiger partial charge in [0.05, 0.1) is 0 Å². The van der Waals surface area contributed by atoms with Crippen LogP contribution in [0.3, 0.4) is 0 Å². The molecule has 0 saturated heterocycles. The van der Waals surface area contributed by atoms with Crippen molar-refractivity contribution in [3.8, 4) is 5.75 Å². The van der Waals surface area contributed by atoms with Gasteiger partial charge in [0.25, 0.3) is 0 Å². The number of hydrogen-bond donors (Lipinski definition) is 2. The van der Waals surface area contributed by atoms with E-state index < -0.39 is 5.82 Å². The first-order chi connectivity index (χ1) is 8.63. The van der Waals surface area contributed by atoms with Gasteiger partial charge in [-0.25, -0.2) is 4.39 Å². The van der Waals surface area contributed by atoms with Gasteiger partial charge in [0.15, 0.2) is 11.6 Å². The minimum absolute atomic E-state index is 0.295. The molecule has 1 aromatic carbocycles. The fourth-order valence-corrected chi connectivity index (χ4v) is 3.36. The predicted molar refractivity (Wildman–Crippen MR) is 70.0 cm³/mol. The molecule has 0 amide bonds. The summed E-state index contributed by atoms with van der Waals surface area (Å²) in [4.78, 5) is 0. The molecule has 2 nitrogen and oxygen atoms in total. The third kappa shape index (κ3) is 1.98. The Morgan fingerprint density at radius 3 is 2.78 bits per heavy atom. The first-order valence-electron chi connectivity index (χ1n) is 6.57. The summed E-state index contributed by atoms with van der Waals surface area (Å²) in [7, 11) is 0. The van der Waals surface area contributed by atoms with Crippen molar-refractivity contribution in [2.75, 3.05) is 5.32 Å². The Kier molecular flexibility index (Phi) is 2.77. The molecule has 96 valence electrons. The van der Waals surface area contributed by atoms with Crippen LogP contribution in [-0.2, 0) is 0 Å². The van der Waals surface area contributed by atoms with Gasteiger partial charge in [-0.05, 0) is 49.7 Å². The van der Waals surface area contributed by atoms with Crippen LogP contribution < -0.4 is 5.32 Å². The molecular formula is C15H18FNO.